The van der Waals surface area contributed by atoms with E-state index in [1.807, 2.05) is 49.1 Å². The Bertz CT molecular complexity index is 1150. The SMILES string of the molecule is CCN(CC)S(=O)(=O)c1ccc2c(c1)CCN2C(=O)C1CCCN(C(=O)Cc2ccccc2)C1. The minimum Gasteiger partial charge on any atom is -0.342 e. The van der Waals surface area contributed by atoms with Crippen LogP contribution in [0.25, 0.3) is 0 Å². The van der Waals surface area contributed by atoms with Gasteiger partial charge in [0.2, 0.25) is 21.8 Å². The fourth-order valence-electron chi connectivity index (χ4n) is 4.99. The standard InChI is InChI=1S/C26H33N3O4S/c1-3-28(4-2)34(32,33)23-12-13-24-21(18-23)14-16-29(24)26(31)22-11-8-15-27(19-22)25(30)17-20-9-6-5-7-10-20/h5-7,9-10,12-13,18,22H,3-4,8,11,14-17,19H2,1-2H3. The van der Waals surface area contributed by atoms with Crippen LogP contribution in [0.5, 0.6) is 0 Å². The first-order valence-electron chi connectivity index (χ1n) is 12.1. The number of hydrogen-bond donors (Lipinski definition) is 0. The molecule has 0 aliphatic carbocycles. The Labute approximate surface area is 202 Å². The van der Waals surface area contributed by atoms with Crippen molar-refractivity contribution < 1.29 is 18.0 Å². The van der Waals surface area contributed by atoms with E-state index >= 15 is 0 Å². The van der Waals surface area contributed by atoms with Crippen molar-refractivity contribution in [3.8, 4) is 0 Å². The van der Waals surface area contributed by atoms with Gasteiger partial charge in [-0.2, -0.15) is 4.31 Å². The molecule has 8 heteroatoms. The van der Waals surface area contributed by atoms with Crippen molar-refractivity contribution in [2.45, 2.75) is 44.4 Å². The van der Waals surface area contributed by atoms with Gasteiger partial charge in [-0.15, -0.1) is 0 Å². The van der Waals surface area contributed by atoms with Crippen molar-refractivity contribution in [2.24, 2.45) is 5.92 Å². The summed E-state index contributed by atoms with van der Waals surface area (Å²) in [5, 5.41) is 0. The Kier molecular flexibility index (Phi) is 7.38. The Balaban J connectivity index is 1.46. The van der Waals surface area contributed by atoms with E-state index < -0.39 is 10.0 Å². The van der Waals surface area contributed by atoms with Crippen LogP contribution >= 0.6 is 0 Å². The summed E-state index contributed by atoms with van der Waals surface area (Å²) < 4.78 is 27.2. The highest BCUT2D eigenvalue weighted by Gasteiger charge is 2.35. The van der Waals surface area contributed by atoms with Gasteiger partial charge in [-0.05, 0) is 48.6 Å². The molecule has 0 bridgehead atoms. The fourth-order valence-corrected chi connectivity index (χ4v) is 6.50. The maximum atomic E-state index is 13.4. The van der Waals surface area contributed by atoms with Crippen LogP contribution in [0, 0.1) is 5.92 Å². The Morgan fingerprint density at radius 3 is 2.47 bits per heavy atom. The molecular weight excluding hydrogens is 450 g/mol. The second-order valence-electron chi connectivity index (χ2n) is 8.96. The molecule has 2 aromatic carbocycles. The average molecular weight is 484 g/mol. The molecule has 2 aromatic rings. The molecule has 34 heavy (non-hydrogen) atoms. The monoisotopic (exact) mass is 483 g/mol. The molecule has 0 radical (unpaired) electrons. The van der Waals surface area contributed by atoms with Gasteiger partial charge in [-0.3, -0.25) is 9.59 Å². The predicted molar refractivity (Wildman–Crippen MR) is 132 cm³/mol. The van der Waals surface area contributed by atoms with E-state index in [2.05, 4.69) is 0 Å². The number of carbonyl (C=O) groups excluding carboxylic acids is 2. The summed E-state index contributed by atoms with van der Waals surface area (Å²) in [6.07, 6.45) is 2.54. The third kappa shape index (κ3) is 4.88. The van der Waals surface area contributed by atoms with Gasteiger partial charge in [0.05, 0.1) is 17.2 Å². The number of benzene rings is 2. The summed E-state index contributed by atoms with van der Waals surface area (Å²) in [6, 6.07) is 14.8. The highest BCUT2D eigenvalue weighted by atomic mass is 32.2. The number of nitrogens with zero attached hydrogens (tertiary/aromatic N) is 3. The van der Waals surface area contributed by atoms with Gasteiger partial charge in [-0.1, -0.05) is 44.2 Å². The number of carbonyl (C=O) groups is 2. The van der Waals surface area contributed by atoms with Gasteiger partial charge in [-0.25, -0.2) is 8.42 Å². The molecule has 7 nitrogen and oxygen atoms in total. The first-order chi connectivity index (χ1) is 16.3. The minimum absolute atomic E-state index is 0.0234. The number of anilines is 1. The van der Waals surface area contributed by atoms with Crippen molar-refractivity contribution in [3.63, 3.8) is 0 Å². The van der Waals surface area contributed by atoms with E-state index in [0.29, 0.717) is 45.6 Å². The second kappa shape index (κ2) is 10.3. The molecule has 2 aliphatic heterocycles. The van der Waals surface area contributed by atoms with Crippen LogP contribution in [0.1, 0.15) is 37.8 Å². The molecule has 0 saturated carbocycles. The van der Waals surface area contributed by atoms with E-state index in [-0.39, 0.29) is 22.6 Å². The van der Waals surface area contributed by atoms with E-state index in [4.69, 9.17) is 0 Å². The minimum atomic E-state index is -3.54. The first-order valence-corrected chi connectivity index (χ1v) is 13.5. The normalized spacial score (nSPS) is 18.3. The maximum absolute atomic E-state index is 13.4. The fraction of sp³-hybridized carbons (Fsp3) is 0.462. The van der Waals surface area contributed by atoms with E-state index in [9.17, 15) is 18.0 Å². The number of sulfonamides is 1. The van der Waals surface area contributed by atoms with Crippen LogP contribution in [0.2, 0.25) is 0 Å². The lowest BCUT2D eigenvalue weighted by molar-refractivity contribution is -0.134. The molecule has 0 N–H and O–H groups in total. The van der Waals surface area contributed by atoms with E-state index in [1.54, 1.807) is 23.1 Å². The van der Waals surface area contributed by atoms with Crippen LogP contribution in [0.3, 0.4) is 0 Å². The topological polar surface area (TPSA) is 78.0 Å². The highest BCUT2D eigenvalue weighted by Crippen LogP contribution is 2.33. The van der Waals surface area contributed by atoms with Crippen LogP contribution < -0.4 is 4.90 Å². The molecular formula is C26H33N3O4S. The predicted octanol–water partition coefficient (Wildman–Crippen LogP) is 3.09. The molecule has 1 atom stereocenters. The zero-order valence-electron chi connectivity index (χ0n) is 19.9. The third-order valence-corrected chi connectivity index (χ3v) is 8.92. The number of fused-ring (bicyclic) bond motifs is 1. The van der Waals surface area contributed by atoms with Gasteiger partial charge in [0.15, 0.2) is 0 Å². The molecule has 4 rings (SSSR count). The zero-order valence-corrected chi connectivity index (χ0v) is 20.8. The van der Waals surface area contributed by atoms with Gasteiger partial charge < -0.3 is 9.80 Å². The first kappa shape index (κ1) is 24.4. The van der Waals surface area contributed by atoms with Crippen LogP contribution in [-0.4, -0.2) is 62.2 Å². The summed E-state index contributed by atoms with van der Waals surface area (Å²) in [7, 11) is -3.54. The maximum Gasteiger partial charge on any atom is 0.243 e. The van der Waals surface area contributed by atoms with Crippen molar-refractivity contribution >= 4 is 27.5 Å². The molecule has 1 unspecified atom stereocenters. The summed E-state index contributed by atoms with van der Waals surface area (Å²) in [5.74, 6) is -0.161. The number of rotatable bonds is 7. The van der Waals surface area contributed by atoms with Gasteiger partial charge in [0.25, 0.3) is 0 Å². The molecule has 2 aliphatic rings. The van der Waals surface area contributed by atoms with Crippen molar-refractivity contribution in [1.29, 1.82) is 0 Å². The number of amides is 2. The van der Waals surface area contributed by atoms with E-state index in [0.717, 1.165) is 29.7 Å². The largest absolute Gasteiger partial charge is 0.342 e. The Morgan fingerprint density at radius 1 is 1.03 bits per heavy atom. The zero-order chi connectivity index (χ0) is 24.3. The van der Waals surface area contributed by atoms with Crippen LogP contribution in [0.15, 0.2) is 53.4 Å². The van der Waals surface area contributed by atoms with E-state index in [1.165, 1.54) is 4.31 Å². The lowest BCUT2D eigenvalue weighted by atomic mass is 9.95. The molecule has 1 saturated heterocycles. The number of hydrogen-bond acceptors (Lipinski definition) is 4. The lowest BCUT2D eigenvalue weighted by Crippen LogP contribution is -2.47. The van der Waals surface area contributed by atoms with Gasteiger partial charge >= 0.3 is 0 Å². The van der Waals surface area contributed by atoms with Gasteiger partial charge in [0, 0.05) is 38.4 Å². The number of piperidine rings is 1. The smallest absolute Gasteiger partial charge is 0.243 e. The van der Waals surface area contributed by atoms with Crippen LogP contribution in [0.4, 0.5) is 5.69 Å². The summed E-state index contributed by atoms with van der Waals surface area (Å²) in [6.45, 7) is 6.14. The quantitative estimate of drug-likeness (QED) is 0.606. The summed E-state index contributed by atoms with van der Waals surface area (Å²) in [5.41, 5.74) is 2.65. The van der Waals surface area contributed by atoms with Crippen LogP contribution in [-0.2, 0) is 32.5 Å². The third-order valence-electron chi connectivity index (χ3n) is 6.88. The van der Waals surface area contributed by atoms with Gasteiger partial charge in [0.1, 0.15) is 0 Å². The lowest BCUT2D eigenvalue weighted by Gasteiger charge is -2.34. The second-order valence-corrected chi connectivity index (χ2v) is 10.9. The summed E-state index contributed by atoms with van der Waals surface area (Å²) >= 11 is 0. The molecule has 0 aromatic heterocycles. The molecule has 2 heterocycles. The molecule has 182 valence electrons. The molecule has 2 amide bonds. The highest BCUT2D eigenvalue weighted by molar-refractivity contribution is 7.89. The number of likely N-dealkylation sites (tertiary alicyclic amines) is 1. The Hall–Kier alpha value is -2.71. The average Bonchev–Trinajstić information content (AvgIpc) is 3.28. The van der Waals surface area contributed by atoms with Crippen molar-refractivity contribution in [2.75, 3.05) is 37.6 Å². The van der Waals surface area contributed by atoms with Crippen molar-refractivity contribution in [3.05, 3.63) is 59.7 Å². The van der Waals surface area contributed by atoms with Crippen molar-refractivity contribution in [1.82, 2.24) is 9.21 Å². The molecule has 1 fully saturated rings. The summed E-state index contributed by atoms with van der Waals surface area (Å²) in [4.78, 5) is 30.1. The molecule has 0 spiro atoms. The Morgan fingerprint density at radius 2 is 1.76 bits per heavy atom.